The SMILES string of the molecule is N#Cc1cccnc1N1CCCN(C(=O)NCC2(N3CCCCC3)CCCCC2)CC1. The fourth-order valence-electron chi connectivity index (χ4n) is 5.60. The minimum absolute atomic E-state index is 0.0605. The van der Waals surface area contributed by atoms with Crippen molar-refractivity contribution in [2.75, 3.05) is 50.7 Å². The lowest BCUT2D eigenvalue weighted by atomic mass is 9.79. The van der Waals surface area contributed by atoms with Gasteiger partial charge in [0, 0.05) is 44.5 Å². The number of hydrogen-bond acceptors (Lipinski definition) is 5. The zero-order valence-electron chi connectivity index (χ0n) is 18.7. The Kier molecular flexibility index (Phi) is 7.29. The molecular weight excluding hydrogens is 388 g/mol. The summed E-state index contributed by atoms with van der Waals surface area (Å²) in [5.74, 6) is 0.735. The highest BCUT2D eigenvalue weighted by molar-refractivity contribution is 5.74. The summed E-state index contributed by atoms with van der Waals surface area (Å²) in [5, 5.41) is 12.7. The molecule has 1 N–H and O–H groups in total. The molecule has 0 bridgehead atoms. The van der Waals surface area contributed by atoms with E-state index >= 15 is 0 Å². The molecule has 31 heavy (non-hydrogen) atoms. The van der Waals surface area contributed by atoms with Crippen LogP contribution in [0, 0.1) is 11.3 Å². The molecule has 2 aliphatic heterocycles. The standard InChI is InChI=1S/C24H36N6O/c25-19-21-9-7-12-26-22(21)28-13-8-14-29(18-17-28)23(31)27-20-24(10-3-1-4-11-24)30-15-5-2-6-16-30/h7,9,12H,1-6,8,10-11,13-18,20H2,(H,27,31). The number of aromatic nitrogens is 1. The van der Waals surface area contributed by atoms with Crippen molar-refractivity contribution in [3.63, 3.8) is 0 Å². The summed E-state index contributed by atoms with van der Waals surface area (Å²) in [5.41, 5.74) is 0.753. The second-order valence-corrected chi connectivity index (χ2v) is 9.31. The van der Waals surface area contributed by atoms with Crippen molar-refractivity contribution in [2.24, 2.45) is 0 Å². The van der Waals surface area contributed by atoms with E-state index in [2.05, 4.69) is 26.2 Å². The quantitative estimate of drug-likeness (QED) is 0.802. The number of anilines is 1. The number of pyridine rings is 1. The summed E-state index contributed by atoms with van der Waals surface area (Å²) in [6.07, 6.45) is 12.8. The van der Waals surface area contributed by atoms with Crippen molar-refractivity contribution in [2.45, 2.75) is 63.3 Å². The summed E-state index contributed by atoms with van der Waals surface area (Å²) >= 11 is 0. The first-order valence-corrected chi connectivity index (χ1v) is 12.1. The van der Waals surface area contributed by atoms with Crippen LogP contribution in [-0.2, 0) is 0 Å². The number of nitrogens with zero attached hydrogens (tertiary/aromatic N) is 5. The van der Waals surface area contributed by atoms with Gasteiger partial charge in [-0.2, -0.15) is 5.26 Å². The Balaban J connectivity index is 1.35. The van der Waals surface area contributed by atoms with Gasteiger partial charge in [-0.05, 0) is 57.3 Å². The third kappa shape index (κ3) is 5.12. The maximum atomic E-state index is 13.1. The molecular formula is C24H36N6O. The van der Waals surface area contributed by atoms with E-state index in [-0.39, 0.29) is 11.6 Å². The minimum Gasteiger partial charge on any atom is -0.354 e. The Morgan fingerprint density at radius 2 is 1.77 bits per heavy atom. The van der Waals surface area contributed by atoms with E-state index in [9.17, 15) is 10.1 Å². The Labute approximate surface area is 186 Å². The zero-order valence-corrected chi connectivity index (χ0v) is 18.7. The van der Waals surface area contributed by atoms with Gasteiger partial charge in [0.1, 0.15) is 11.9 Å². The molecule has 0 radical (unpaired) electrons. The fraction of sp³-hybridized carbons (Fsp3) is 0.708. The molecule has 168 valence electrons. The van der Waals surface area contributed by atoms with Crippen LogP contribution >= 0.6 is 0 Å². The molecule has 7 nitrogen and oxygen atoms in total. The Hall–Kier alpha value is -2.33. The summed E-state index contributed by atoms with van der Waals surface area (Å²) in [7, 11) is 0. The lowest BCUT2D eigenvalue weighted by molar-refractivity contribution is 0.0344. The van der Waals surface area contributed by atoms with E-state index in [4.69, 9.17) is 0 Å². The highest BCUT2D eigenvalue weighted by Gasteiger charge is 2.39. The van der Waals surface area contributed by atoms with E-state index in [1.807, 2.05) is 11.0 Å². The maximum Gasteiger partial charge on any atom is 0.317 e. The molecule has 1 aromatic rings. The van der Waals surface area contributed by atoms with Gasteiger partial charge in [-0.15, -0.1) is 0 Å². The van der Waals surface area contributed by atoms with Gasteiger partial charge < -0.3 is 15.1 Å². The molecule has 1 saturated carbocycles. The van der Waals surface area contributed by atoms with Gasteiger partial charge in [-0.25, -0.2) is 9.78 Å². The number of likely N-dealkylation sites (tertiary alicyclic amines) is 1. The van der Waals surface area contributed by atoms with Crippen LogP contribution in [-0.4, -0.2) is 72.2 Å². The van der Waals surface area contributed by atoms with Crippen LogP contribution in [0.5, 0.6) is 0 Å². The van der Waals surface area contributed by atoms with Crippen molar-refractivity contribution in [1.82, 2.24) is 20.1 Å². The maximum absolute atomic E-state index is 13.1. The second kappa shape index (κ2) is 10.3. The molecule has 2 amide bonds. The minimum atomic E-state index is 0.0605. The first-order valence-electron chi connectivity index (χ1n) is 12.1. The molecule has 3 fully saturated rings. The number of hydrogen-bond donors (Lipinski definition) is 1. The zero-order chi connectivity index (χ0) is 21.5. The molecule has 3 heterocycles. The van der Waals surface area contributed by atoms with Crippen molar-refractivity contribution >= 4 is 11.8 Å². The van der Waals surface area contributed by atoms with Crippen molar-refractivity contribution < 1.29 is 4.79 Å². The topological polar surface area (TPSA) is 75.5 Å². The molecule has 1 aromatic heterocycles. The second-order valence-electron chi connectivity index (χ2n) is 9.31. The number of nitrogens with one attached hydrogen (secondary N) is 1. The van der Waals surface area contributed by atoms with Gasteiger partial charge in [0.25, 0.3) is 0 Å². The van der Waals surface area contributed by atoms with Crippen LogP contribution in [0.25, 0.3) is 0 Å². The van der Waals surface area contributed by atoms with E-state index in [1.165, 1.54) is 64.5 Å². The van der Waals surface area contributed by atoms with Crippen molar-refractivity contribution in [3.05, 3.63) is 23.9 Å². The number of amides is 2. The average molecular weight is 425 g/mol. The molecule has 0 unspecified atom stereocenters. The van der Waals surface area contributed by atoms with Crippen LogP contribution in [0.4, 0.5) is 10.6 Å². The van der Waals surface area contributed by atoms with Gasteiger partial charge in [-0.3, -0.25) is 4.90 Å². The molecule has 7 heteroatoms. The lowest BCUT2D eigenvalue weighted by Crippen LogP contribution is -2.59. The molecule has 0 spiro atoms. The predicted molar refractivity (Wildman–Crippen MR) is 122 cm³/mol. The van der Waals surface area contributed by atoms with E-state index in [0.29, 0.717) is 18.7 Å². The van der Waals surface area contributed by atoms with E-state index < -0.39 is 0 Å². The molecule has 3 aliphatic rings. The largest absolute Gasteiger partial charge is 0.354 e. The van der Waals surface area contributed by atoms with Gasteiger partial charge in [0.05, 0.1) is 5.56 Å². The monoisotopic (exact) mass is 424 g/mol. The third-order valence-electron chi connectivity index (χ3n) is 7.37. The molecule has 4 rings (SSSR count). The number of rotatable bonds is 4. The van der Waals surface area contributed by atoms with Gasteiger partial charge >= 0.3 is 6.03 Å². The van der Waals surface area contributed by atoms with Crippen LogP contribution in [0.3, 0.4) is 0 Å². The summed E-state index contributed by atoms with van der Waals surface area (Å²) in [6.45, 7) is 6.05. The predicted octanol–water partition coefficient (Wildman–Crippen LogP) is 3.36. The Morgan fingerprint density at radius 1 is 1.00 bits per heavy atom. The van der Waals surface area contributed by atoms with Crippen LogP contribution in [0.15, 0.2) is 18.3 Å². The first-order chi connectivity index (χ1) is 15.2. The highest BCUT2D eigenvalue weighted by atomic mass is 16.2. The number of piperidine rings is 1. The lowest BCUT2D eigenvalue weighted by Gasteiger charge is -2.48. The fourth-order valence-corrected chi connectivity index (χ4v) is 5.60. The van der Waals surface area contributed by atoms with E-state index in [0.717, 1.165) is 31.9 Å². The van der Waals surface area contributed by atoms with Gasteiger partial charge in [0.2, 0.25) is 0 Å². The third-order valence-corrected chi connectivity index (χ3v) is 7.37. The van der Waals surface area contributed by atoms with Gasteiger partial charge in [-0.1, -0.05) is 25.7 Å². The summed E-state index contributed by atoms with van der Waals surface area (Å²) in [6, 6.07) is 5.90. The van der Waals surface area contributed by atoms with Crippen LogP contribution < -0.4 is 10.2 Å². The average Bonchev–Trinajstić information content (AvgIpc) is 3.10. The number of urea groups is 1. The molecule has 1 aliphatic carbocycles. The number of carbonyl (C=O) groups excluding carboxylic acids is 1. The van der Waals surface area contributed by atoms with Gasteiger partial charge in [0.15, 0.2) is 0 Å². The summed E-state index contributed by atoms with van der Waals surface area (Å²) < 4.78 is 0. The first kappa shape index (κ1) is 21.9. The van der Waals surface area contributed by atoms with Crippen molar-refractivity contribution in [3.8, 4) is 6.07 Å². The number of carbonyl (C=O) groups is 1. The summed E-state index contributed by atoms with van der Waals surface area (Å²) in [4.78, 5) is 24.3. The Bertz CT molecular complexity index is 779. The molecule has 0 aromatic carbocycles. The van der Waals surface area contributed by atoms with Crippen LogP contribution in [0.1, 0.15) is 63.4 Å². The number of nitriles is 1. The Morgan fingerprint density at radius 3 is 2.55 bits per heavy atom. The molecule has 0 atom stereocenters. The van der Waals surface area contributed by atoms with Crippen LogP contribution in [0.2, 0.25) is 0 Å². The normalized spacial score (nSPS) is 22.4. The van der Waals surface area contributed by atoms with Crippen molar-refractivity contribution in [1.29, 1.82) is 5.26 Å². The highest BCUT2D eigenvalue weighted by Crippen LogP contribution is 2.35. The smallest absolute Gasteiger partial charge is 0.317 e. The van der Waals surface area contributed by atoms with E-state index in [1.54, 1.807) is 12.3 Å². The molecule has 2 saturated heterocycles.